The van der Waals surface area contributed by atoms with Crippen LogP contribution in [0.25, 0.3) is 0 Å². The third-order valence-electron chi connectivity index (χ3n) is 0.768. The first kappa shape index (κ1) is 9.25. The van der Waals surface area contributed by atoms with Crippen LogP contribution in [0.1, 0.15) is 6.92 Å². The van der Waals surface area contributed by atoms with Gasteiger partial charge in [-0.15, -0.1) is 5.54 Å². The molecule has 10 heavy (non-hydrogen) atoms. The van der Waals surface area contributed by atoms with Crippen LogP contribution in [0.4, 0.5) is 0 Å². The first-order chi connectivity index (χ1) is 4.45. The van der Waals surface area contributed by atoms with E-state index in [-0.39, 0.29) is 0 Å². The molecule has 0 saturated carbocycles. The highest BCUT2D eigenvalue weighted by molar-refractivity contribution is 6.84. The molecule has 0 atom stereocenters. The van der Waals surface area contributed by atoms with E-state index in [1.54, 1.807) is 6.92 Å². The molecule has 0 aromatic carbocycles. The van der Waals surface area contributed by atoms with Crippen LogP contribution in [0, 0.1) is 11.5 Å². The lowest BCUT2D eigenvalue weighted by atomic mass is 10.5. The van der Waals surface area contributed by atoms with Gasteiger partial charge in [-0.2, -0.15) is 0 Å². The summed E-state index contributed by atoms with van der Waals surface area (Å²) in [6, 6.07) is 0. The van der Waals surface area contributed by atoms with Crippen LogP contribution in [0.3, 0.4) is 0 Å². The molecule has 2 nitrogen and oxygen atoms in total. The fourth-order valence-electron chi connectivity index (χ4n) is 0.303. The van der Waals surface area contributed by atoms with Gasteiger partial charge in [-0.25, -0.2) is 0 Å². The monoisotopic (exact) mass is 155 g/mol. The van der Waals surface area contributed by atoms with Gasteiger partial charge in [0.15, 0.2) is 0 Å². The standard InChI is InChI=1S/C7H13NOSi/c1-7(8-9)5-6-10(2,3)4/h9H,1-4H3/b8-7-. The molecule has 0 spiro atoms. The zero-order valence-corrected chi connectivity index (χ0v) is 7.89. The summed E-state index contributed by atoms with van der Waals surface area (Å²) >= 11 is 0. The van der Waals surface area contributed by atoms with Gasteiger partial charge in [-0.05, 0) is 6.92 Å². The number of hydrogen-bond acceptors (Lipinski definition) is 2. The molecule has 0 amide bonds. The van der Waals surface area contributed by atoms with Gasteiger partial charge in [0, 0.05) is 0 Å². The van der Waals surface area contributed by atoms with Gasteiger partial charge >= 0.3 is 0 Å². The van der Waals surface area contributed by atoms with E-state index in [1.165, 1.54) is 0 Å². The van der Waals surface area contributed by atoms with Gasteiger partial charge in [0.25, 0.3) is 0 Å². The topological polar surface area (TPSA) is 32.6 Å². The maximum atomic E-state index is 8.23. The third kappa shape index (κ3) is 5.38. The van der Waals surface area contributed by atoms with Gasteiger partial charge in [-0.3, -0.25) is 0 Å². The number of nitrogens with zero attached hydrogens (tertiary/aromatic N) is 1. The molecule has 3 heteroatoms. The van der Waals surface area contributed by atoms with Gasteiger partial charge in [0.1, 0.15) is 13.8 Å². The lowest BCUT2D eigenvalue weighted by molar-refractivity contribution is 0.319. The van der Waals surface area contributed by atoms with Crippen molar-refractivity contribution in [1.82, 2.24) is 0 Å². The summed E-state index contributed by atoms with van der Waals surface area (Å²) in [6.45, 7) is 8.12. The first-order valence-electron chi connectivity index (χ1n) is 3.17. The van der Waals surface area contributed by atoms with E-state index in [1.807, 2.05) is 0 Å². The SMILES string of the molecule is C/C(C#C[Si](C)(C)C)=N/O. The van der Waals surface area contributed by atoms with Crippen LogP contribution in [0.5, 0.6) is 0 Å². The normalized spacial score (nSPS) is 12.2. The lowest BCUT2D eigenvalue weighted by Crippen LogP contribution is -2.16. The maximum Gasteiger partial charge on any atom is 0.129 e. The largest absolute Gasteiger partial charge is 0.410 e. The van der Waals surface area contributed by atoms with E-state index in [0.717, 1.165) is 0 Å². The highest BCUT2D eigenvalue weighted by atomic mass is 28.3. The molecule has 0 aliphatic heterocycles. The van der Waals surface area contributed by atoms with Gasteiger partial charge in [-0.1, -0.05) is 30.7 Å². The van der Waals surface area contributed by atoms with Crippen LogP contribution in [-0.2, 0) is 0 Å². The minimum absolute atomic E-state index is 0.488. The molecular formula is C7H13NOSi. The van der Waals surface area contributed by atoms with Crippen molar-refractivity contribution >= 4 is 13.8 Å². The summed E-state index contributed by atoms with van der Waals surface area (Å²) in [4.78, 5) is 0. The van der Waals surface area contributed by atoms with Crippen molar-refractivity contribution in [3.05, 3.63) is 0 Å². The molecule has 0 saturated heterocycles. The number of oxime groups is 1. The highest BCUT2D eigenvalue weighted by Crippen LogP contribution is 1.95. The van der Waals surface area contributed by atoms with Gasteiger partial charge in [0.2, 0.25) is 0 Å². The fraction of sp³-hybridized carbons (Fsp3) is 0.571. The molecule has 0 radical (unpaired) electrons. The molecule has 0 fully saturated rings. The summed E-state index contributed by atoms with van der Waals surface area (Å²) in [5.41, 5.74) is 3.56. The third-order valence-corrected chi connectivity index (χ3v) is 1.64. The number of rotatable bonds is 0. The van der Waals surface area contributed by atoms with Crippen LogP contribution >= 0.6 is 0 Å². The molecule has 0 aliphatic carbocycles. The Kier molecular flexibility index (Phi) is 3.17. The predicted octanol–water partition coefficient (Wildman–Crippen LogP) is 1.72. The second-order valence-corrected chi connectivity index (χ2v) is 7.94. The van der Waals surface area contributed by atoms with Crippen LogP contribution in [0.15, 0.2) is 5.16 Å². The van der Waals surface area contributed by atoms with Crippen molar-refractivity contribution in [3.63, 3.8) is 0 Å². The molecule has 1 N–H and O–H groups in total. The fourth-order valence-corrected chi connectivity index (χ4v) is 0.859. The van der Waals surface area contributed by atoms with Crippen molar-refractivity contribution in [2.75, 3.05) is 0 Å². The average Bonchev–Trinajstić information content (AvgIpc) is 1.81. The second kappa shape index (κ2) is 3.42. The zero-order valence-electron chi connectivity index (χ0n) is 6.89. The molecule has 56 valence electrons. The van der Waals surface area contributed by atoms with E-state index < -0.39 is 8.07 Å². The average molecular weight is 155 g/mol. The minimum atomic E-state index is -1.29. The van der Waals surface area contributed by atoms with Crippen molar-refractivity contribution < 1.29 is 5.21 Å². The number of hydrogen-bond donors (Lipinski definition) is 1. The van der Waals surface area contributed by atoms with Crippen LogP contribution < -0.4 is 0 Å². The Balaban J connectivity index is 4.19. The summed E-state index contributed by atoms with van der Waals surface area (Å²) in [6.07, 6.45) is 0. The van der Waals surface area contributed by atoms with Gasteiger partial charge < -0.3 is 5.21 Å². The molecule has 0 aliphatic rings. The molecule has 0 bridgehead atoms. The summed E-state index contributed by atoms with van der Waals surface area (Å²) in [5, 5.41) is 11.2. The van der Waals surface area contributed by atoms with E-state index >= 15 is 0 Å². The Hall–Kier alpha value is -0.753. The van der Waals surface area contributed by atoms with Crippen molar-refractivity contribution in [2.45, 2.75) is 26.6 Å². The first-order valence-corrected chi connectivity index (χ1v) is 6.67. The molecule has 0 heterocycles. The second-order valence-electron chi connectivity index (χ2n) is 3.19. The summed E-state index contributed by atoms with van der Waals surface area (Å²) in [5.74, 6) is 2.78. The lowest BCUT2D eigenvalue weighted by Gasteiger charge is -2.02. The zero-order chi connectivity index (χ0) is 8.20. The van der Waals surface area contributed by atoms with E-state index in [9.17, 15) is 0 Å². The summed E-state index contributed by atoms with van der Waals surface area (Å²) < 4.78 is 0. The smallest absolute Gasteiger partial charge is 0.129 e. The van der Waals surface area contributed by atoms with Crippen molar-refractivity contribution in [1.29, 1.82) is 0 Å². The Morgan fingerprint density at radius 3 is 2.20 bits per heavy atom. The Morgan fingerprint density at radius 1 is 1.40 bits per heavy atom. The van der Waals surface area contributed by atoms with Crippen LogP contribution in [-0.4, -0.2) is 19.0 Å². The quantitative estimate of drug-likeness (QED) is 0.187. The van der Waals surface area contributed by atoms with Gasteiger partial charge in [0.05, 0.1) is 0 Å². The van der Waals surface area contributed by atoms with Crippen LogP contribution in [0.2, 0.25) is 19.6 Å². The molecular weight excluding hydrogens is 142 g/mol. The maximum absolute atomic E-state index is 8.23. The molecule has 0 rings (SSSR count). The van der Waals surface area contributed by atoms with E-state index in [4.69, 9.17) is 5.21 Å². The summed E-state index contributed by atoms with van der Waals surface area (Å²) in [7, 11) is -1.29. The molecule has 0 aromatic rings. The van der Waals surface area contributed by atoms with Crippen molar-refractivity contribution in [3.8, 4) is 11.5 Å². The van der Waals surface area contributed by atoms with E-state index in [0.29, 0.717) is 5.71 Å². The van der Waals surface area contributed by atoms with E-state index in [2.05, 4.69) is 36.3 Å². The minimum Gasteiger partial charge on any atom is -0.410 e. The Morgan fingerprint density at radius 2 is 1.90 bits per heavy atom. The highest BCUT2D eigenvalue weighted by Gasteiger charge is 2.07. The molecule has 0 aromatic heterocycles. The Labute approximate surface area is 63.0 Å². The predicted molar refractivity (Wildman–Crippen MR) is 46.0 cm³/mol. The van der Waals surface area contributed by atoms with Crippen molar-refractivity contribution in [2.24, 2.45) is 5.16 Å². The Bertz CT molecular complexity index is 192. The molecule has 0 unspecified atom stereocenters.